The lowest BCUT2D eigenvalue weighted by molar-refractivity contribution is 0.450. The van der Waals surface area contributed by atoms with Gasteiger partial charge in [-0.05, 0) is 37.3 Å². The fourth-order valence-corrected chi connectivity index (χ4v) is 2.46. The molecular weight excluding hydrogens is 320 g/mol. The number of hydrogen-bond donors (Lipinski definition) is 3. The van der Waals surface area contributed by atoms with Gasteiger partial charge in [-0.25, -0.2) is 0 Å². The number of hydrogen-bond acceptors (Lipinski definition) is 5. The summed E-state index contributed by atoms with van der Waals surface area (Å²) in [4.78, 5) is 12.5. The Hall–Kier alpha value is -3.47. The van der Waals surface area contributed by atoms with Crippen LogP contribution < -0.4 is 5.43 Å². The van der Waals surface area contributed by atoms with Crippen LogP contribution >= 0.6 is 0 Å². The lowest BCUT2D eigenvalue weighted by atomic mass is 10.1. The largest absolute Gasteiger partial charge is 0.508 e. The molecule has 0 saturated carbocycles. The molecule has 0 spiro atoms. The lowest BCUT2D eigenvalue weighted by Crippen LogP contribution is -2.01. The molecule has 0 saturated heterocycles. The van der Waals surface area contributed by atoms with Crippen molar-refractivity contribution < 1.29 is 19.7 Å². The first-order chi connectivity index (χ1) is 11.9. The first-order valence-electron chi connectivity index (χ1n) is 7.52. The van der Waals surface area contributed by atoms with Crippen molar-refractivity contribution in [1.82, 2.24) is 0 Å². The first kappa shape index (κ1) is 16.4. The molecule has 2 aromatic carbocycles. The molecule has 25 heavy (non-hydrogen) atoms. The molecule has 0 radical (unpaired) electrons. The summed E-state index contributed by atoms with van der Waals surface area (Å²) in [6.07, 6.45) is 3.10. The highest BCUT2D eigenvalue weighted by molar-refractivity contribution is 5.91. The standard InChI is InChI=1S/C20H16O5/c1-11(2)3-8-14-15(22)9-18-19(20(14)24)16(23)10-17(25-18)12-4-6-13(21)7-5-12/h3-10,21-22,24H,1H2,2H3/b8-3+. The Labute approximate surface area is 143 Å². The highest BCUT2D eigenvalue weighted by Gasteiger charge is 2.16. The second kappa shape index (κ2) is 6.20. The zero-order chi connectivity index (χ0) is 18.1. The summed E-state index contributed by atoms with van der Waals surface area (Å²) in [5.74, 6) is -0.204. The van der Waals surface area contributed by atoms with Gasteiger partial charge in [0.25, 0.3) is 0 Å². The molecule has 0 amide bonds. The zero-order valence-electron chi connectivity index (χ0n) is 13.5. The predicted octanol–water partition coefficient (Wildman–Crippen LogP) is 4.17. The van der Waals surface area contributed by atoms with E-state index in [-0.39, 0.29) is 39.5 Å². The van der Waals surface area contributed by atoms with Crippen LogP contribution in [0.3, 0.4) is 0 Å². The summed E-state index contributed by atoms with van der Waals surface area (Å²) in [5.41, 5.74) is 1.07. The van der Waals surface area contributed by atoms with Gasteiger partial charge >= 0.3 is 0 Å². The van der Waals surface area contributed by atoms with Crippen molar-refractivity contribution in [1.29, 1.82) is 0 Å². The smallest absolute Gasteiger partial charge is 0.197 e. The van der Waals surface area contributed by atoms with Gasteiger partial charge < -0.3 is 19.7 Å². The lowest BCUT2D eigenvalue weighted by Gasteiger charge is -2.08. The maximum absolute atomic E-state index is 12.5. The number of rotatable bonds is 3. The van der Waals surface area contributed by atoms with Gasteiger partial charge in [0.2, 0.25) is 0 Å². The van der Waals surface area contributed by atoms with Crippen LogP contribution in [0.2, 0.25) is 0 Å². The maximum atomic E-state index is 12.5. The van der Waals surface area contributed by atoms with Crippen molar-refractivity contribution >= 4 is 17.0 Å². The molecule has 3 aromatic rings. The summed E-state index contributed by atoms with van der Waals surface area (Å²) in [7, 11) is 0. The first-order valence-corrected chi connectivity index (χ1v) is 7.52. The Balaban J connectivity index is 2.23. The number of fused-ring (bicyclic) bond motifs is 1. The van der Waals surface area contributed by atoms with Gasteiger partial charge in [0.1, 0.15) is 34.0 Å². The van der Waals surface area contributed by atoms with Crippen LogP contribution in [-0.4, -0.2) is 15.3 Å². The summed E-state index contributed by atoms with van der Waals surface area (Å²) < 4.78 is 5.67. The van der Waals surface area contributed by atoms with Crippen LogP contribution in [0.1, 0.15) is 12.5 Å². The van der Waals surface area contributed by atoms with Crippen molar-refractivity contribution in [3.63, 3.8) is 0 Å². The fraction of sp³-hybridized carbons (Fsp3) is 0.0500. The van der Waals surface area contributed by atoms with Gasteiger partial charge in [-0.15, -0.1) is 0 Å². The molecule has 1 heterocycles. The molecule has 3 N–H and O–H groups in total. The van der Waals surface area contributed by atoms with E-state index >= 15 is 0 Å². The molecule has 126 valence electrons. The molecule has 0 atom stereocenters. The Morgan fingerprint density at radius 2 is 1.80 bits per heavy atom. The molecule has 1 aromatic heterocycles. The monoisotopic (exact) mass is 336 g/mol. The van der Waals surface area contributed by atoms with Crippen LogP contribution in [0.4, 0.5) is 0 Å². The van der Waals surface area contributed by atoms with Crippen LogP contribution in [0.5, 0.6) is 17.2 Å². The normalized spacial score (nSPS) is 11.2. The topological polar surface area (TPSA) is 90.9 Å². The van der Waals surface area contributed by atoms with E-state index in [1.807, 2.05) is 0 Å². The molecule has 0 bridgehead atoms. The summed E-state index contributed by atoms with van der Waals surface area (Å²) >= 11 is 0. The molecule has 0 aliphatic rings. The Bertz CT molecular complexity index is 1060. The number of aromatic hydroxyl groups is 3. The van der Waals surface area contributed by atoms with Crippen molar-refractivity contribution in [2.75, 3.05) is 0 Å². The third kappa shape index (κ3) is 3.12. The average Bonchev–Trinajstić information content (AvgIpc) is 2.54. The SMILES string of the molecule is C=C(C)/C=C/c1c(O)cc2oc(-c3ccc(O)cc3)cc(=O)c2c1O. The third-order valence-corrected chi connectivity index (χ3v) is 3.70. The van der Waals surface area contributed by atoms with E-state index in [1.165, 1.54) is 30.3 Å². The van der Waals surface area contributed by atoms with Gasteiger partial charge in [0.15, 0.2) is 5.43 Å². The molecule has 0 fully saturated rings. The van der Waals surface area contributed by atoms with E-state index in [2.05, 4.69) is 6.58 Å². The minimum atomic E-state index is -0.438. The zero-order valence-corrected chi connectivity index (χ0v) is 13.5. The molecular formula is C20H16O5. The van der Waals surface area contributed by atoms with Crippen LogP contribution in [-0.2, 0) is 0 Å². The minimum absolute atomic E-state index is 0.0123. The second-order valence-corrected chi connectivity index (χ2v) is 5.73. The third-order valence-electron chi connectivity index (χ3n) is 3.70. The minimum Gasteiger partial charge on any atom is -0.508 e. The maximum Gasteiger partial charge on any atom is 0.197 e. The number of benzene rings is 2. The molecule has 0 unspecified atom stereocenters. The summed E-state index contributed by atoms with van der Waals surface area (Å²) in [6, 6.07) is 8.70. The van der Waals surface area contributed by atoms with Crippen molar-refractivity contribution in [3.8, 4) is 28.6 Å². The number of phenols is 3. The van der Waals surface area contributed by atoms with E-state index < -0.39 is 5.43 Å². The van der Waals surface area contributed by atoms with Gasteiger partial charge in [0, 0.05) is 17.7 Å². The van der Waals surface area contributed by atoms with Gasteiger partial charge in [-0.2, -0.15) is 0 Å². The Morgan fingerprint density at radius 3 is 2.44 bits per heavy atom. The average molecular weight is 336 g/mol. The summed E-state index contributed by atoms with van der Waals surface area (Å²) in [6.45, 7) is 5.48. The van der Waals surface area contributed by atoms with E-state index in [9.17, 15) is 20.1 Å². The Kier molecular flexibility index (Phi) is 4.07. The second-order valence-electron chi connectivity index (χ2n) is 5.73. The van der Waals surface area contributed by atoms with Crippen LogP contribution in [0.15, 0.2) is 63.8 Å². The van der Waals surface area contributed by atoms with Gasteiger partial charge in [0.05, 0.1) is 5.56 Å². The Morgan fingerprint density at radius 1 is 1.12 bits per heavy atom. The summed E-state index contributed by atoms with van der Waals surface area (Å²) in [5, 5.41) is 29.9. The molecule has 3 rings (SSSR count). The van der Waals surface area contributed by atoms with E-state index in [0.717, 1.165) is 5.57 Å². The van der Waals surface area contributed by atoms with E-state index in [1.54, 1.807) is 25.1 Å². The molecule has 5 nitrogen and oxygen atoms in total. The van der Waals surface area contributed by atoms with Crippen LogP contribution in [0.25, 0.3) is 28.4 Å². The predicted molar refractivity (Wildman–Crippen MR) is 96.8 cm³/mol. The van der Waals surface area contributed by atoms with Crippen molar-refractivity contribution in [2.24, 2.45) is 0 Å². The number of allylic oxidation sites excluding steroid dienone is 2. The number of phenolic OH excluding ortho intramolecular Hbond substituents is 3. The van der Waals surface area contributed by atoms with Crippen LogP contribution in [0, 0.1) is 0 Å². The molecule has 5 heteroatoms. The van der Waals surface area contributed by atoms with E-state index in [0.29, 0.717) is 5.56 Å². The fourth-order valence-electron chi connectivity index (χ4n) is 2.46. The van der Waals surface area contributed by atoms with Gasteiger partial charge in [-0.3, -0.25) is 4.79 Å². The van der Waals surface area contributed by atoms with Crippen molar-refractivity contribution in [3.05, 3.63) is 70.4 Å². The van der Waals surface area contributed by atoms with Gasteiger partial charge in [-0.1, -0.05) is 18.2 Å². The highest BCUT2D eigenvalue weighted by atomic mass is 16.3. The quantitative estimate of drug-likeness (QED) is 0.625. The van der Waals surface area contributed by atoms with E-state index in [4.69, 9.17) is 4.42 Å². The molecule has 0 aliphatic carbocycles. The highest BCUT2D eigenvalue weighted by Crippen LogP contribution is 2.36. The van der Waals surface area contributed by atoms with Crippen molar-refractivity contribution in [2.45, 2.75) is 6.92 Å². The molecule has 0 aliphatic heterocycles.